The van der Waals surface area contributed by atoms with Gasteiger partial charge in [0.1, 0.15) is 13.2 Å². The highest BCUT2D eigenvalue weighted by Crippen LogP contribution is 2.16. The lowest BCUT2D eigenvalue weighted by atomic mass is 10.0. The Bertz CT molecular complexity index is 1090. The quantitative estimate of drug-likeness (QED) is 0.0262. The Balaban J connectivity index is 4.34. The summed E-state index contributed by atoms with van der Waals surface area (Å²) in [6.07, 6.45) is 61.0. The molecule has 6 heteroatoms. The number of hydrogen-bond donors (Lipinski definition) is 0. The third-order valence-electron chi connectivity index (χ3n) is 11.5. The van der Waals surface area contributed by atoms with E-state index in [9.17, 15) is 14.4 Å². The molecule has 0 aromatic carbocycles. The van der Waals surface area contributed by atoms with Crippen LogP contribution in [0.4, 0.5) is 0 Å². The molecule has 0 heterocycles. The van der Waals surface area contributed by atoms with Gasteiger partial charge in [-0.3, -0.25) is 14.4 Å². The van der Waals surface area contributed by atoms with Crippen molar-refractivity contribution in [3.05, 3.63) is 48.6 Å². The number of unbranched alkanes of at least 4 members (excludes halogenated alkanes) is 29. The number of carbonyl (C=O) groups is 3. The highest BCUT2D eigenvalue weighted by atomic mass is 16.6. The SMILES string of the molecule is CCC/C=C\C/C=C\CCCCCCCC(=O)OCC(COC(=O)CCCCCCCCCCCCCCCCCCCC)OC(=O)CCCCCCC/C=C\C/C=C\CCC. The molecule has 6 nitrogen and oxygen atoms in total. The normalized spacial score (nSPS) is 12.4. The van der Waals surface area contributed by atoms with Crippen LogP contribution in [0.1, 0.15) is 271 Å². The van der Waals surface area contributed by atoms with Crippen LogP contribution >= 0.6 is 0 Å². The van der Waals surface area contributed by atoms with Crippen molar-refractivity contribution in [3.63, 3.8) is 0 Å². The lowest BCUT2D eigenvalue weighted by molar-refractivity contribution is -0.167. The number of esters is 3. The first kappa shape index (κ1) is 59.4. The summed E-state index contributed by atoms with van der Waals surface area (Å²) in [5.74, 6) is -0.901. The van der Waals surface area contributed by atoms with Crippen LogP contribution < -0.4 is 0 Å². The molecule has 0 aliphatic heterocycles. The van der Waals surface area contributed by atoms with Gasteiger partial charge in [0, 0.05) is 19.3 Å². The van der Waals surface area contributed by atoms with Crippen molar-refractivity contribution < 1.29 is 28.6 Å². The van der Waals surface area contributed by atoms with Gasteiger partial charge < -0.3 is 14.2 Å². The zero-order chi connectivity index (χ0) is 45.1. The third kappa shape index (κ3) is 48.4. The van der Waals surface area contributed by atoms with Crippen LogP contribution in [-0.2, 0) is 28.6 Å². The van der Waals surface area contributed by atoms with E-state index < -0.39 is 6.10 Å². The van der Waals surface area contributed by atoms with Crippen molar-refractivity contribution in [2.75, 3.05) is 13.2 Å². The highest BCUT2D eigenvalue weighted by molar-refractivity contribution is 5.71. The molecule has 62 heavy (non-hydrogen) atoms. The second-order valence-corrected chi connectivity index (χ2v) is 17.8. The first-order valence-corrected chi connectivity index (χ1v) is 26.6. The number of ether oxygens (including phenoxy) is 3. The van der Waals surface area contributed by atoms with E-state index in [-0.39, 0.29) is 31.1 Å². The summed E-state index contributed by atoms with van der Waals surface area (Å²) in [7, 11) is 0. The van der Waals surface area contributed by atoms with Gasteiger partial charge in [-0.15, -0.1) is 0 Å². The molecule has 0 aromatic heterocycles. The Labute approximate surface area is 384 Å². The van der Waals surface area contributed by atoms with E-state index in [2.05, 4.69) is 69.4 Å². The second kappa shape index (κ2) is 51.0. The van der Waals surface area contributed by atoms with Crippen LogP contribution in [0.2, 0.25) is 0 Å². The Hall–Kier alpha value is -2.63. The number of hydrogen-bond acceptors (Lipinski definition) is 6. The summed E-state index contributed by atoms with van der Waals surface area (Å²) in [5.41, 5.74) is 0. The Morgan fingerprint density at radius 1 is 0.323 bits per heavy atom. The molecule has 0 saturated carbocycles. The molecule has 0 saturated heterocycles. The predicted octanol–water partition coefficient (Wildman–Crippen LogP) is 17.5. The topological polar surface area (TPSA) is 78.9 Å². The second-order valence-electron chi connectivity index (χ2n) is 17.8. The van der Waals surface area contributed by atoms with Gasteiger partial charge in [0.05, 0.1) is 0 Å². The maximum atomic E-state index is 12.8. The highest BCUT2D eigenvalue weighted by Gasteiger charge is 2.19. The van der Waals surface area contributed by atoms with Gasteiger partial charge >= 0.3 is 17.9 Å². The molecule has 0 radical (unpaired) electrons. The zero-order valence-electron chi connectivity index (χ0n) is 41.1. The Morgan fingerprint density at radius 3 is 0.952 bits per heavy atom. The molecule has 0 aliphatic rings. The van der Waals surface area contributed by atoms with Crippen LogP contribution in [0.5, 0.6) is 0 Å². The van der Waals surface area contributed by atoms with E-state index in [0.29, 0.717) is 19.3 Å². The van der Waals surface area contributed by atoms with Crippen LogP contribution in [-0.4, -0.2) is 37.2 Å². The molecular weight excluding hydrogens is 769 g/mol. The lowest BCUT2D eigenvalue weighted by Crippen LogP contribution is -2.30. The van der Waals surface area contributed by atoms with Crippen molar-refractivity contribution in [1.82, 2.24) is 0 Å². The van der Waals surface area contributed by atoms with Gasteiger partial charge in [0.15, 0.2) is 6.10 Å². The van der Waals surface area contributed by atoms with Gasteiger partial charge in [-0.05, 0) is 70.6 Å². The lowest BCUT2D eigenvalue weighted by Gasteiger charge is -2.18. The smallest absolute Gasteiger partial charge is 0.306 e. The summed E-state index contributed by atoms with van der Waals surface area (Å²) in [5, 5.41) is 0. The van der Waals surface area contributed by atoms with E-state index in [0.717, 1.165) is 116 Å². The van der Waals surface area contributed by atoms with Gasteiger partial charge in [-0.2, -0.15) is 0 Å². The van der Waals surface area contributed by atoms with Crippen molar-refractivity contribution in [2.24, 2.45) is 0 Å². The molecule has 360 valence electrons. The molecule has 1 atom stereocenters. The van der Waals surface area contributed by atoms with Crippen LogP contribution in [0.25, 0.3) is 0 Å². The molecule has 0 aliphatic carbocycles. The van der Waals surface area contributed by atoms with Gasteiger partial charge in [0.2, 0.25) is 0 Å². The fourth-order valence-electron chi connectivity index (χ4n) is 7.52. The van der Waals surface area contributed by atoms with Crippen LogP contribution in [0, 0.1) is 0 Å². The first-order valence-electron chi connectivity index (χ1n) is 26.6. The first-order chi connectivity index (χ1) is 30.5. The summed E-state index contributed by atoms with van der Waals surface area (Å²) >= 11 is 0. The number of allylic oxidation sites excluding steroid dienone is 8. The molecular formula is C56H100O6. The molecule has 0 spiro atoms. The third-order valence-corrected chi connectivity index (χ3v) is 11.5. The maximum Gasteiger partial charge on any atom is 0.306 e. The predicted molar refractivity (Wildman–Crippen MR) is 265 cm³/mol. The van der Waals surface area contributed by atoms with E-state index in [1.54, 1.807) is 0 Å². The standard InChI is InChI=1S/C56H100O6/c1-4-7-10-13-16-19-22-25-26-27-28-29-32-34-37-40-43-46-49-55(58)61-52-53(62-56(59)50-47-44-41-38-35-31-24-21-18-15-12-9-6-3)51-60-54(57)48-45-42-39-36-33-30-23-20-17-14-11-8-5-2/h11-12,14-15,20-21,23-24,53H,4-10,13,16-19,22,25-52H2,1-3H3/b14-11-,15-12-,23-20-,24-21-. The van der Waals surface area contributed by atoms with Gasteiger partial charge in [-0.25, -0.2) is 0 Å². The van der Waals surface area contributed by atoms with E-state index in [4.69, 9.17) is 14.2 Å². The average molecular weight is 869 g/mol. The maximum absolute atomic E-state index is 12.8. The fraction of sp³-hybridized carbons (Fsp3) is 0.804. The van der Waals surface area contributed by atoms with Crippen molar-refractivity contribution in [3.8, 4) is 0 Å². The minimum Gasteiger partial charge on any atom is -0.462 e. The van der Waals surface area contributed by atoms with Crippen molar-refractivity contribution in [2.45, 2.75) is 277 Å². The summed E-state index contributed by atoms with van der Waals surface area (Å²) in [6.45, 7) is 6.51. The minimum atomic E-state index is -0.783. The molecule has 0 aromatic rings. The molecule has 0 N–H and O–H groups in total. The molecule has 0 rings (SSSR count). The van der Waals surface area contributed by atoms with E-state index >= 15 is 0 Å². The van der Waals surface area contributed by atoms with Crippen LogP contribution in [0.3, 0.4) is 0 Å². The number of rotatable bonds is 48. The summed E-state index contributed by atoms with van der Waals surface area (Å²) in [4.78, 5) is 38.0. The minimum absolute atomic E-state index is 0.0811. The fourth-order valence-corrected chi connectivity index (χ4v) is 7.52. The Kier molecular flexibility index (Phi) is 48.8. The van der Waals surface area contributed by atoms with Crippen molar-refractivity contribution in [1.29, 1.82) is 0 Å². The largest absolute Gasteiger partial charge is 0.462 e. The van der Waals surface area contributed by atoms with Crippen molar-refractivity contribution >= 4 is 17.9 Å². The zero-order valence-corrected chi connectivity index (χ0v) is 41.1. The summed E-state index contributed by atoms with van der Waals surface area (Å²) in [6, 6.07) is 0. The molecule has 0 bridgehead atoms. The van der Waals surface area contributed by atoms with E-state index in [1.165, 1.54) is 116 Å². The average Bonchev–Trinajstić information content (AvgIpc) is 3.27. The van der Waals surface area contributed by atoms with E-state index in [1.807, 2.05) is 0 Å². The Morgan fingerprint density at radius 2 is 0.613 bits per heavy atom. The molecule has 0 amide bonds. The monoisotopic (exact) mass is 869 g/mol. The molecule has 0 fully saturated rings. The summed E-state index contributed by atoms with van der Waals surface area (Å²) < 4.78 is 16.8. The molecule has 1 unspecified atom stereocenters. The van der Waals surface area contributed by atoms with Gasteiger partial charge in [0.25, 0.3) is 0 Å². The van der Waals surface area contributed by atoms with Crippen LogP contribution in [0.15, 0.2) is 48.6 Å². The van der Waals surface area contributed by atoms with Gasteiger partial charge in [-0.1, -0.05) is 230 Å². The number of carbonyl (C=O) groups excluding carboxylic acids is 3.